The zero-order valence-electron chi connectivity index (χ0n) is 8.73. The van der Waals surface area contributed by atoms with Crippen molar-refractivity contribution in [2.24, 2.45) is 0 Å². The number of halogens is 2. The molecule has 88 valence electrons. The molecule has 0 aliphatic carbocycles. The molecular formula is C11H9ClFN3O. The molecule has 0 aliphatic rings. The van der Waals surface area contributed by atoms with Crippen LogP contribution in [0.3, 0.4) is 0 Å². The molecule has 0 saturated heterocycles. The van der Waals surface area contributed by atoms with Gasteiger partial charge >= 0.3 is 0 Å². The molecule has 4 nitrogen and oxygen atoms in total. The van der Waals surface area contributed by atoms with Crippen LogP contribution in [0.1, 0.15) is 5.56 Å². The van der Waals surface area contributed by atoms with Crippen LogP contribution < -0.4 is 11.3 Å². The molecule has 0 saturated carbocycles. The lowest BCUT2D eigenvalue weighted by molar-refractivity contribution is 0.619. The standard InChI is InChI=1S/C11H9ClFN3O/c12-9-3-7(1-2-10(9)13)6-16-11(17)4-8(14)5-15-16/h1-5H,6,14H2. The van der Waals surface area contributed by atoms with Crippen molar-refractivity contribution < 1.29 is 4.39 Å². The molecule has 2 rings (SSSR count). The molecule has 0 radical (unpaired) electrons. The SMILES string of the molecule is Nc1cnn(Cc2ccc(F)c(Cl)c2)c(=O)c1. The quantitative estimate of drug-likeness (QED) is 0.886. The Bertz CT molecular complexity index is 612. The molecule has 0 spiro atoms. The van der Waals surface area contributed by atoms with Crippen LogP contribution in [-0.4, -0.2) is 9.78 Å². The summed E-state index contributed by atoms with van der Waals surface area (Å²) in [5, 5.41) is 3.89. The highest BCUT2D eigenvalue weighted by Gasteiger charge is 2.03. The normalized spacial score (nSPS) is 10.5. The summed E-state index contributed by atoms with van der Waals surface area (Å²) in [5.74, 6) is -0.493. The molecular weight excluding hydrogens is 245 g/mol. The van der Waals surface area contributed by atoms with E-state index in [0.29, 0.717) is 11.3 Å². The van der Waals surface area contributed by atoms with Crippen molar-refractivity contribution in [1.82, 2.24) is 9.78 Å². The van der Waals surface area contributed by atoms with E-state index in [9.17, 15) is 9.18 Å². The summed E-state index contributed by atoms with van der Waals surface area (Å²) in [6.07, 6.45) is 1.38. The third-order valence-electron chi connectivity index (χ3n) is 2.21. The maximum absolute atomic E-state index is 12.9. The van der Waals surface area contributed by atoms with Gasteiger partial charge in [0.25, 0.3) is 5.56 Å². The first-order valence-electron chi connectivity index (χ1n) is 4.83. The van der Waals surface area contributed by atoms with Crippen LogP contribution >= 0.6 is 11.6 Å². The van der Waals surface area contributed by atoms with Crippen LogP contribution in [0.25, 0.3) is 0 Å². The second kappa shape index (κ2) is 4.55. The van der Waals surface area contributed by atoms with Gasteiger partial charge in [-0.2, -0.15) is 5.10 Å². The molecule has 17 heavy (non-hydrogen) atoms. The smallest absolute Gasteiger partial charge is 0.269 e. The number of nitrogens with zero attached hydrogens (tertiary/aromatic N) is 2. The molecule has 6 heteroatoms. The highest BCUT2D eigenvalue weighted by molar-refractivity contribution is 6.30. The Kier molecular flexibility index (Phi) is 3.10. The van der Waals surface area contributed by atoms with Gasteiger partial charge in [-0.3, -0.25) is 4.79 Å². The molecule has 1 aromatic carbocycles. The minimum atomic E-state index is -0.493. The molecule has 1 aromatic heterocycles. The van der Waals surface area contributed by atoms with E-state index in [4.69, 9.17) is 17.3 Å². The largest absolute Gasteiger partial charge is 0.397 e. The van der Waals surface area contributed by atoms with Gasteiger partial charge in [0.2, 0.25) is 0 Å². The Morgan fingerprint density at radius 2 is 2.18 bits per heavy atom. The highest BCUT2D eigenvalue weighted by Crippen LogP contribution is 2.16. The Labute approximate surface area is 101 Å². The number of aromatic nitrogens is 2. The fourth-order valence-corrected chi connectivity index (χ4v) is 1.58. The fourth-order valence-electron chi connectivity index (χ4n) is 1.38. The van der Waals surface area contributed by atoms with Gasteiger partial charge in [0, 0.05) is 6.07 Å². The van der Waals surface area contributed by atoms with Crippen molar-refractivity contribution in [2.75, 3.05) is 5.73 Å². The van der Waals surface area contributed by atoms with Gasteiger partial charge < -0.3 is 5.73 Å². The lowest BCUT2D eigenvalue weighted by Gasteiger charge is -2.05. The molecule has 0 unspecified atom stereocenters. The average Bonchev–Trinajstić information content (AvgIpc) is 2.27. The Hall–Kier alpha value is -1.88. The van der Waals surface area contributed by atoms with Crippen molar-refractivity contribution in [2.45, 2.75) is 6.54 Å². The predicted molar refractivity (Wildman–Crippen MR) is 63.4 cm³/mol. The topological polar surface area (TPSA) is 60.9 Å². The number of rotatable bonds is 2. The first-order chi connectivity index (χ1) is 8.06. The number of nitrogen functional groups attached to an aromatic ring is 1. The fraction of sp³-hybridized carbons (Fsp3) is 0.0909. The summed E-state index contributed by atoms with van der Waals surface area (Å²) in [4.78, 5) is 11.5. The number of anilines is 1. The molecule has 0 bridgehead atoms. The summed E-state index contributed by atoms with van der Waals surface area (Å²) in [7, 11) is 0. The van der Waals surface area contributed by atoms with Gasteiger partial charge in [-0.1, -0.05) is 17.7 Å². The van der Waals surface area contributed by atoms with Crippen LogP contribution in [0.4, 0.5) is 10.1 Å². The lowest BCUT2D eigenvalue weighted by atomic mass is 10.2. The van der Waals surface area contributed by atoms with E-state index >= 15 is 0 Å². The van der Waals surface area contributed by atoms with Crippen LogP contribution in [0, 0.1) is 5.82 Å². The van der Waals surface area contributed by atoms with Gasteiger partial charge in [0.1, 0.15) is 5.82 Å². The van der Waals surface area contributed by atoms with E-state index in [-0.39, 0.29) is 17.1 Å². The zero-order chi connectivity index (χ0) is 12.4. The highest BCUT2D eigenvalue weighted by atomic mass is 35.5. The monoisotopic (exact) mass is 253 g/mol. The Morgan fingerprint density at radius 1 is 1.41 bits per heavy atom. The predicted octanol–water partition coefficient (Wildman–Crippen LogP) is 1.67. The van der Waals surface area contributed by atoms with Crippen molar-refractivity contribution in [3.05, 3.63) is 57.2 Å². The van der Waals surface area contributed by atoms with Crippen molar-refractivity contribution in [3.63, 3.8) is 0 Å². The maximum atomic E-state index is 12.9. The Balaban J connectivity index is 2.31. The van der Waals surface area contributed by atoms with E-state index in [1.165, 1.54) is 29.1 Å². The van der Waals surface area contributed by atoms with Gasteiger partial charge in [-0.25, -0.2) is 9.07 Å². The van der Waals surface area contributed by atoms with E-state index in [0.717, 1.165) is 0 Å². The van der Waals surface area contributed by atoms with E-state index in [1.54, 1.807) is 6.07 Å². The van der Waals surface area contributed by atoms with Crippen LogP contribution in [0.2, 0.25) is 5.02 Å². The van der Waals surface area contributed by atoms with Gasteiger partial charge in [-0.15, -0.1) is 0 Å². The Morgan fingerprint density at radius 3 is 2.82 bits per heavy atom. The van der Waals surface area contributed by atoms with Crippen LogP contribution in [0.5, 0.6) is 0 Å². The first kappa shape index (κ1) is 11.6. The molecule has 2 aromatic rings. The minimum Gasteiger partial charge on any atom is -0.397 e. The summed E-state index contributed by atoms with van der Waals surface area (Å²) in [5.41, 5.74) is 6.10. The number of hydrogen-bond acceptors (Lipinski definition) is 3. The summed E-state index contributed by atoms with van der Waals surface area (Å²) in [6.45, 7) is 0.221. The second-order valence-electron chi connectivity index (χ2n) is 3.53. The number of hydrogen-bond donors (Lipinski definition) is 1. The molecule has 0 amide bonds. The molecule has 0 fully saturated rings. The van der Waals surface area contributed by atoms with Crippen molar-refractivity contribution in [1.29, 1.82) is 0 Å². The minimum absolute atomic E-state index is 0.0194. The van der Waals surface area contributed by atoms with Crippen molar-refractivity contribution >= 4 is 17.3 Å². The molecule has 0 aliphatic heterocycles. The molecule has 2 N–H and O–H groups in total. The maximum Gasteiger partial charge on any atom is 0.269 e. The molecule has 1 heterocycles. The third-order valence-corrected chi connectivity index (χ3v) is 2.50. The summed E-state index contributed by atoms with van der Waals surface area (Å²) >= 11 is 5.64. The summed E-state index contributed by atoms with van der Waals surface area (Å²) in [6, 6.07) is 5.53. The van der Waals surface area contributed by atoms with E-state index in [2.05, 4.69) is 5.10 Å². The third kappa shape index (κ3) is 2.62. The average molecular weight is 254 g/mol. The number of nitrogens with two attached hydrogens (primary N) is 1. The molecule has 0 atom stereocenters. The van der Waals surface area contributed by atoms with E-state index in [1.807, 2.05) is 0 Å². The van der Waals surface area contributed by atoms with Gasteiger partial charge in [-0.05, 0) is 17.7 Å². The van der Waals surface area contributed by atoms with E-state index < -0.39 is 5.82 Å². The summed E-state index contributed by atoms with van der Waals surface area (Å²) < 4.78 is 14.2. The van der Waals surface area contributed by atoms with Crippen LogP contribution in [0.15, 0.2) is 35.3 Å². The first-order valence-corrected chi connectivity index (χ1v) is 5.20. The van der Waals surface area contributed by atoms with Crippen molar-refractivity contribution in [3.8, 4) is 0 Å². The van der Waals surface area contributed by atoms with Gasteiger partial charge in [0.05, 0.1) is 23.5 Å². The second-order valence-corrected chi connectivity index (χ2v) is 3.94. The van der Waals surface area contributed by atoms with Crippen LogP contribution in [-0.2, 0) is 6.54 Å². The van der Waals surface area contributed by atoms with Gasteiger partial charge in [0.15, 0.2) is 0 Å². The zero-order valence-corrected chi connectivity index (χ0v) is 9.49. The number of benzene rings is 1. The lowest BCUT2D eigenvalue weighted by Crippen LogP contribution is -2.22.